The number of phenols is 1. The van der Waals surface area contributed by atoms with E-state index in [2.05, 4.69) is 5.32 Å². The summed E-state index contributed by atoms with van der Waals surface area (Å²) in [4.78, 5) is 25.9. The number of phenolic OH excluding ortho intramolecular Hbond substituents is 1. The average Bonchev–Trinajstić information content (AvgIpc) is 2.77. The van der Waals surface area contributed by atoms with Crippen LogP contribution in [-0.4, -0.2) is 23.0 Å². The largest absolute Gasteiger partial charge is 0.508 e. The molecule has 0 aromatic heterocycles. The van der Waals surface area contributed by atoms with Gasteiger partial charge in [-0.2, -0.15) is 0 Å². The molecule has 0 radical (unpaired) electrons. The lowest BCUT2D eigenvalue weighted by Gasteiger charge is -2.18. The zero-order valence-corrected chi connectivity index (χ0v) is 12.4. The predicted octanol–water partition coefficient (Wildman–Crippen LogP) is 2.58. The molecule has 2 aromatic rings. The van der Waals surface area contributed by atoms with Crippen LogP contribution in [-0.2, 0) is 9.59 Å². The van der Waals surface area contributed by atoms with E-state index in [0.717, 1.165) is 4.90 Å². The lowest BCUT2D eigenvalue weighted by Crippen LogP contribution is -2.35. The number of halogens is 1. The van der Waals surface area contributed by atoms with E-state index in [0.29, 0.717) is 16.9 Å². The molecule has 1 saturated heterocycles. The third kappa shape index (κ3) is 2.88. The van der Waals surface area contributed by atoms with Gasteiger partial charge in [0.2, 0.25) is 5.91 Å². The van der Waals surface area contributed by atoms with Crippen molar-refractivity contribution in [3.63, 3.8) is 0 Å². The topological polar surface area (TPSA) is 69.6 Å². The number of aryl methyl sites for hydroxylation is 1. The van der Waals surface area contributed by atoms with E-state index in [-0.39, 0.29) is 29.8 Å². The Bertz CT molecular complexity index is 774. The smallest absolute Gasteiger partial charge is 0.256 e. The van der Waals surface area contributed by atoms with E-state index in [1.165, 1.54) is 36.4 Å². The van der Waals surface area contributed by atoms with E-state index in [4.69, 9.17) is 0 Å². The molecule has 0 bridgehead atoms. The Kier molecular flexibility index (Phi) is 3.73. The summed E-state index contributed by atoms with van der Waals surface area (Å²) in [6.07, 6.45) is 0.0243. The van der Waals surface area contributed by atoms with Crippen LogP contribution in [0.25, 0.3) is 0 Å². The number of imide groups is 1. The Morgan fingerprint density at radius 2 is 1.87 bits per heavy atom. The van der Waals surface area contributed by atoms with Crippen LogP contribution < -0.4 is 10.2 Å². The maximum atomic E-state index is 12.9. The number of hydrogen-bond acceptors (Lipinski definition) is 4. The van der Waals surface area contributed by atoms with E-state index in [9.17, 15) is 19.1 Å². The van der Waals surface area contributed by atoms with Crippen molar-refractivity contribution >= 4 is 23.2 Å². The van der Waals surface area contributed by atoms with Crippen LogP contribution in [0.3, 0.4) is 0 Å². The van der Waals surface area contributed by atoms with Crippen LogP contribution in [0.1, 0.15) is 12.0 Å². The molecular formula is C17H15FN2O3. The molecule has 1 fully saturated rings. The summed E-state index contributed by atoms with van der Waals surface area (Å²) in [6.45, 7) is 1.72. The zero-order chi connectivity index (χ0) is 16.6. The van der Waals surface area contributed by atoms with Gasteiger partial charge in [0.15, 0.2) is 0 Å². The number of nitrogens with zero attached hydrogens (tertiary/aromatic N) is 1. The van der Waals surface area contributed by atoms with E-state index in [1.54, 1.807) is 13.0 Å². The summed E-state index contributed by atoms with van der Waals surface area (Å²) in [5.41, 5.74) is 1.66. The number of carbonyl (C=O) groups excluding carboxylic acids is 2. The van der Waals surface area contributed by atoms with E-state index < -0.39 is 6.04 Å². The first kappa shape index (κ1) is 15.0. The molecule has 6 heteroatoms. The van der Waals surface area contributed by atoms with Gasteiger partial charge in [-0.05, 0) is 55.0 Å². The van der Waals surface area contributed by atoms with Crippen molar-refractivity contribution in [3.8, 4) is 5.75 Å². The standard InChI is InChI=1S/C17H15FN2O3/c1-10-8-13(21)6-7-15(10)20-16(22)9-14(17(20)23)19-12-4-2-11(18)3-5-12/h2-8,14,19,21H,9H2,1H3. The Labute approximate surface area is 132 Å². The van der Waals surface area contributed by atoms with Crippen molar-refractivity contribution < 1.29 is 19.1 Å². The van der Waals surface area contributed by atoms with E-state index >= 15 is 0 Å². The first-order chi connectivity index (χ1) is 11.0. The molecule has 2 aromatic carbocycles. The highest BCUT2D eigenvalue weighted by Crippen LogP contribution is 2.29. The highest BCUT2D eigenvalue weighted by Gasteiger charge is 2.40. The van der Waals surface area contributed by atoms with Gasteiger partial charge in [-0.25, -0.2) is 9.29 Å². The lowest BCUT2D eigenvalue weighted by atomic mass is 10.1. The van der Waals surface area contributed by atoms with E-state index in [1.807, 2.05) is 0 Å². The van der Waals surface area contributed by atoms with Crippen LogP contribution in [0.4, 0.5) is 15.8 Å². The molecule has 1 heterocycles. The number of amides is 2. The van der Waals surface area contributed by atoms with Gasteiger partial charge in [0.1, 0.15) is 17.6 Å². The first-order valence-electron chi connectivity index (χ1n) is 7.14. The quantitative estimate of drug-likeness (QED) is 0.854. The minimum absolute atomic E-state index is 0.0243. The molecule has 3 rings (SSSR count). The second-order valence-electron chi connectivity index (χ2n) is 5.45. The van der Waals surface area contributed by atoms with Crippen molar-refractivity contribution in [2.24, 2.45) is 0 Å². The SMILES string of the molecule is Cc1cc(O)ccc1N1C(=O)CC(Nc2ccc(F)cc2)C1=O. The van der Waals surface area contributed by atoms with Crippen LogP contribution >= 0.6 is 0 Å². The predicted molar refractivity (Wildman–Crippen MR) is 83.8 cm³/mol. The molecule has 1 aliphatic rings. The molecule has 5 nitrogen and oxygen atoms in total. The van der Waals surface area contributed by atoms with Crippen LogP contribution in [0.2, 0.25) is 0 Å². The van der Waals surface area contributed by atoms with Crippen molar-refractivity contribution in [2.75, 3.05) is 10.2 Å². The zero-order valence-electron chi connectivity index (χ0n) is 12.4. The third-order valence-corrected chi connectivity index (χ3v) is 3.75. The van der Waals surface area contributed by atoms with Gasteiger partial charge >= 0.3 is 0 Å². The van der Waals surface area contributed by atoms with Gasteiger partial charge in [0.05, 0.1) is 12.1 Å². The van der Waals surface area contributed by atoms with Crippen LogP contribution in [0.5, 0.6) is 5.75 Å². The Morgan fingerprint density at radius 1 is 1.17 bits per heavy atom. The number of benzene rings is 2. The van der Waals surface area contributed by atoms with Gasteiger partial charge in [-0.1, -0.05) is 0 Å². The Morgan fingerprint density at radius 3 is 2.52 bits per heavy atom. The second kappa shape index (κ2) is 5.72. The minimum atomic E-state index is -0.693. The molecular weight excluding hydrogens is 299 g/mol. The van der Waals surface area contributed by atoms with Crippen molar-refractivity contribution in [2.45, 2.75) is 19.4 Å². The Balaban J connectivity index is 1.83. The fourth-order valence-electron chi connectivity index (χ4n) is 2.64. The summed E-state index contributed by atoms with van der Waals surface area (Å²) < 4.78 is 12.9. The maximum Gasteiger partial charge on any atom is 0.256 e. The molecule has 1 atom stereocenters. The Hall–Kier alpha value is -2.89. The monoisotopic (exact) mass is 314 g/mol. The molecule has 1 aliphatic heterocycles. The molecule has 2 amide bonds. The summed E-state index contributed by atoms with van der Waals surface area (Å²) in [5.74, 6) is -0.978. The van der Waals surface area contributed by atoms with Gasteiger partial charge in [0.25, 0.3) is 5.91 Å². The number of nitrogens with one attached hydrogen (secondary N) is 1. The molecule has 0 spiro atoms. The first-order valence-corrected chi connectivity index (χ1v) is 7.14. The highest BCUT2D eigenvalue weighted by atomic mass is 19.1. The van der Waals surface area contributed by atoms with Gasteiger partial charge < -0.3 is 10.4 Å². The maximum absolute atomic E-state index is 12.9. The number of anilines is 2. The summed E-state index contributed by atoms with van der Waals surface area (Å²) in [6, 6.07) is 9.38. The number of aromatic hydroxyl groups is 1. The number of hydrogen-bond donors (Lipinski definition) is 2. The molecule has 0 saturated carbocycles. The second-order valence-corrected chi connectivity index (χ2v) is 5.45. The molecule has 23 heavy (non-hydrogen) atoms. The number of rotatable bonds is 3. The fourth-order valence-corrected chi connectivity index (χ4v) is 2.64. The van der Waals surface area contributed by atoms with Gasteiger partial charge in [-0.15, -0.1) is 0 Å². The lowest BCUT2D eigenvalue weighted by molar-refractivity contribution is -0.121. The van der Waals surface area contributed by atoms with Crippen LogP contribution in [0.15, 0.2) is 42.5 Å². The molecule has 2 N–H and O–H groups in total. The fraction of sp³-hybridized carbons (Fsp3) is 0.176. The normalized spacial score (nSPS) is 17.7. The molecule has 1 unspecified atom stereocenters. The molecule has 0 aliphatic carbocycles. The van der Waals surface area contributed by atoms with Crippen molar-refractivity contribution in [1.82, 2.24) is 0 Å². The summed E-state index contributed by atoms with van der Waals surface area (Å²) in [7, 11) is 0. The van der Waals surface area contributed by atoms with Crippen molar-refractivity contribution in [1.29, 1.82) is 0 Å². The van der Waals surface area contributed by atoms with Gasteiger partial charge in [-0.3, -0.25) is 9.59 Å². The third-order valence-electron chi connectivity index (χ3n) is 3.75. The molecule has 118 valence electrons. The van der Waals surface area contributed by atoms with Crippen LogP contribution in [0, 0.1) is 12.7 Å². The number of carbonyl (C=O) groups is 2. The average molecular weight is 314 g/mol. The minimum Gasteiger partial charge on any atom is -0.508 e. The van der Waals surface area contributed by atoms with Gasteiger partial charge in [0, 0.05) is 5.69 Å². The summed E-state index contributed by atoms with van der Waals surface area (Å²) >= 11 is 0. The van der Waals surface area contributed by atoms with Crippen molar-refractivity contribution in [3.05, 3.63) is 53.8 Å². The summed E-state index contributed by atoms with van der Waals surface area (Å²) in [5, 5.41) is 12.4. The highest BCUT2D eigenvalue weighted by molar-refractivity contribution is 6.23.